The van der Waals surface area contributed by atoms with Crippen LogP contribution < -0.4 is 5.32 Å². The minimum atomic E-state index is -0.575. The zero-order valence-corrected chi connectivity index (χ0v) is 11.0. The van der Waals surface area contributed by atoms with Crippen molar-refractivity contribution in [2.75, 3.05) is 5.32 Å². The van der Waals surface area contributed by atoms with Crippen LogP contribution in [0.25, 0.3) is 0 Å². The number of nitrogens with zero attached hydrogens (tertiary/aromatic N) is 1. The number of carbonyl (C=O) groups is 2. The normalized spacial score (nSPS) is 10.1. The molecule has 0 bridgehead atoms. The fourth-order valence-electron chi connectivity index (χ4n) is 1.39. The van der Waals surface area contributed by atoms with Gasteiger partial charge in [-0.3, -0.25) is 9.59 Å². The molecule has 0 saturated carbocycles. The number of aromatic nitrogens is 1. The van der Waals surface area contributed by atoms with Crippen molar-refractivity contribution >= 4 is 39.9 Å². The van der Waals surface area contributed by atoms with Gasteiger partial charge in [-0.25, -0.2) is 4.98 Å². The second-order valence-electron chi connectivity index (χ2n) is 3.55. The maximum Gasteiger partial charge on any atom is 0.257 e. The number of hydrogen-bond donors (Lipinski definition) is 1. The van der Waals surface area contributed by atoms with E-state index in [0.717, 1.165) is 4.88 Å². The number of pyridine rings is 1. The molecule has 1 N–H and O–H groups in total. The average Bonchev–Trinajstić information content (AvgIpc) is 2.76. The molecular weight excluding hydrogens is 272 g/mol. The number of carbonyl (C=O) groups excluding carboxylic acids is 2. The summed E-state index contributed by atoms with van der Waals surface area (Å²) < 4.78 is 0. The van der Waals surface area contributed by atoms with Crippen molar-refractivity contribution in [1.29, 1.82) is 0 Å². The molecule has 2 aromatic heterocycles. The van der Waals surface area contributed by atoms with Gasteiger partial charge < -0.3 is 5.32 Å². The molecule has 0 aliphatic rings. The largest absolute Gasteiger partial charge is 0.307 e. The summed E-state index contributed by atoms with van der Waals surface area (Å²) in [4.78, 5) is 27.6. The van der Waals surface area contributed by atoms with Crippen LogP contribution in [0.4, 0.5) is 5.82 Å². The predicted molar refractivity (Wildman–Crippen MR) is 71.4 cm³/mol. The smallest absolute Gasteiger partial charge is 0.257 e. The number of rotatable bonds is 3. The zero-order chi connectivity index (χ0) is 13.1. The lowest BCUT2D eigenvalue weighted by Crippen LogP contribution is -2.13. The first-order valence-corrected chi connectivity index (χ1v) is 6.35. The van der Waals surface area contributed by atoms with E-state index < -0.39 is 5.24 Å². The maximum absolute atomic E-state index is 11.9. The van der Waals surface area contributed by atoms with Crippen molar-refractivity contribution in [3.8, 4) is 0 Å². The Morgan fingerprint density at radius 3 is 2.61 bits per heavy atom. The minimum Gasteiger partial charge on any atom is -0.307 e. The topological polar surface area (TPSA) is 59.1 Å². The Hall–Kier alpha value is -1.72. The molecule has 2 rings (SSSR count). The molecule has 4 nitrogen and oxygen atoms in total. The molecule has 0 fully saturated rings. The lowest BCUT2D eigenvalue weighted by Gasteiger charge is -2.04. The van der Waals surface area contributed by atoms with Gasteiger partial charge in [0.05, 0.1) is 11.1 Å². The van der Waals surface area contributed by atoms with Crippen molar-refractivity contribution in [2.24, 2.45) is 0 Å². The van der Waals surface area contributed by atoms with E-state index in [1.54, 1.807) is 6.07 Å². The lowest BCUT2D eigenvalue weighted by molar-refractivity contribution is 0.102. The first-order valence-electron chi connectivity index (χ1n) is 5.09. The molecule has 0 spiro atoms. The molecule has 0 aromatic carbocycles. The van der Waals surface area contributed by atoms with Crippen LogP contribution in [0.2, 0.25) is 0 Å². The van der Waals surface area contributed by atoms with Gasteiger partial charge in [0.15, 0.2) is 0 Å². The third-order valence-corrected chi connectivity index (χ3v) is 3.40. The van der Waals surface area contributed by atoms with Crippen molar-refractivity contribution in [2.45, 2.75) is 6.92 Å². The van der Waals surface area contributed by atoms with Crippen LogP contribution >= 0.6 is 22.9 Å². The average molecular weight is 281 g/mol. The van der Waals surface area contributed by atoms with Gasteiger partial charge >= 0.3 is 0 Å². The molecule has 2 aromatic rings. The Balaban J connectivity index is 2.13. The fraction of sp³-hybridized carbons (Fsp3) is 0.0833. The quantitative estimate of drug-likeness (QED) is 0.879. The van der Waals surface area contributed by atoms with Crippen LogP contribution in [0.1, 0.15) is 25.6 Å². The van der Waals surface area contributed by atoms with Crippen LogP contribution in [0.3, 0.4) is 0 Å². The van der Waals surface area contributed by atoms with Gasteiger partial charge in [0.1, 0.15) is 5.82 Å². The molecule has 0 atom stereocenters. The Labute approximate surface area is 113 Å². The van der Waals surface area contributed by atoms with Gasteiger partial charge in [0, 0.05) is 11.1 Å². The van der Waals surface area contributed by atoms with Crippen LogP contribution in [0.5, 0.6) is 0 Å². The second-order valence-corrected chi connectivity index (χ2v) is 5.01. The van der Waals surface area contributed by atoms with Gasteiger partial charge in [-0.15, -0.1) is 11.3 Å². The third-order valence-electron chi connectivity index (χ3n) is 2.34. The van der Waals surface area contributed by atoms with Crippen molar-refractivity contribution < 1.29 is 9.59 Å². The molecule has 0 saturated heterocycles. The van der Waals surface area contributed by atoms with Crippen LogP contribution in [0, 0.1) is 6.92 Å². The van der Waals surface area contributed by atoms with E-state index in [-0.39, 0.29) is 5.91 Å². The number of thiophene rings is 1. The predicted octanol–water partition coefficient (Wildman–Crippen LogP) is 3.08. The molecule has 0 aliphatic heterocycles. The summed E-state index contributed by atoms with van der Waals surface area (Å²) >= 11 is 6.80. The Morgan fingerprint density at radius 1 is 1.33 bits per heavy atom. The van der Waals surface area contributed by atoms with Gasteiger partial charge in [0.25, 0.3) is 11.1 Å². The molecule has 0 unspecified atom stereocenters. The van der Waals surface area contributed by atoms with E-state index in [9.17, 15) is 9.59 Å². The zero-order valence-electron chi connectivity index (χ0n) is 9.44. The Bertz CT molecular complexity index is 592. The minimum absolute atomic E-state index is 0.216. The van der Waals surface area contributed by atoms with E-state index in [1.807, 2.05) is 12.3 Å². The number of hydrogen-bond acceptors (Lipinski definition) is 4. The summed E-state index contributed by atoms with van der Waals surface area (Å²) in [7, 11) is 0. The summed E-state index contributed by atoms with van der Waals surface area (Å²) in [6.07, 6.45) is 1.32. The van der Waals surface area contributed by atoms with Gasteiger partial charge in [-0.2, -0.15) is 0 Å². The number of nitrogens with one attached hydrogen (secondary N) is 1. The van der Waals surface area contributed by atoms with Crippen molar-refractivity contribution in [3.63, 3.8) is 0 Å². The van der Waals surface area contributed by atoms with E-state index in [1.165, 1.54) is 29.7 Å². The molecule has 18 heavy (non-hydrogen) atoms. The van der Waals surface area contributed by atoms with E-state index in [2.05, 4.69) is 10.3 Å². The highest BCUT2D eigenvalue weighted by molar-refractivity contribution is 7.10. The maximum atomic E-state index is 11.9. The first kappa shape index (κ1) is 12.7. The molecule has 0 aliphatic carbocycles. The van der Waals surface area contributed by atoms with Crippen LogP contribution in [-0.4, -0.2) is 16.1 Å². The van der Waals surface area contributed by atoms with E-state index in [0.29, 0.717) is 16.9 Å². The van der Waals surface area contributed by atoms with E-state index >= 15 is 0 Å². The molecule has 2 heterocycles. The SMILES string of the molecule is Cc1sccc1C(=O)Nc1ccc(C(=O)Cl)cn1. The highest BCUT2D eigenvalue weighted by Gasteiger charge is 2.11. The van der Waals surface area contributed by atoms with Crippen LogP contribution in [0.15, 0.2) is 29.8 Å². The summed E-state index contributed by atoms with van der Waals surface area (Å²) in [5.74, 6) is 0.165. The molecule has 92 valence electrons. The van der Waals surface area contributed by atoms with Gasteiger partial charge in [-0.1, -0.05) is 0 Å². The third kappa shape index (κ3) is 2.75. The summed E-state index contributed by atoms with van der Waals surface area (Å²) in [6.45, 7) is 1.88. The van der Waals surface area contributed by atoms with Gasteiger partial charge in [-0.05, 0) is 42.1 Å². The summed E-state index contributed by atoms with van der Waals surface area (Å²) in [6, 6.07) is 4.81. The highest BCUT2D eigenvalue weighted by atomic mass is 35.5. The van der Waals surface area contributed by atoms with Gasteiger partial charge in [0.2, 0.25) is 0 Å². The summed E-state index contributed by atoms with van der Waals surface area (Å²) in [5.41, 5.74) is 0.917. The highest BCUT2D eigenvalue weighted by Crippen LogP contribution is 2.16. The molecule has 6 heteroatoms. The number of aryl methyl sites for hydroxylation is 1. The fourth-order valence-corrected chi connectivity index (χ4v) is 2.20. The second kappa shape index (κ2) is 5.29. The van der Waals surface area contributed by atoms with E-state index in [4.69, 9.17) is 11.6 Å². The Morgan fingerprint density at radius 2 is 2.11 bits per heavy atom. The Kier molecular flexibility index (Phi) is 3.74. The van der Waals surface area contributed by atoms with Crippen LogP contribution in [-0.2, 0) is 0 Å². The van der Waals surface area contributed by atoms with Crippen molar-refractivity contribution in [1.82, 2.24) is 4.98 Å². The standard InChI is InChI=1S/C12H9ClN2O2S/c1-7-9(4-5-18-7)12(17)15-10-3-2-8(6-14-10)11(13)16/h2-6H,1H3,(H,14,15,17). The molecule has 1 amide bonds. The first-order chi connectivity index (χ1) is 8.58. The number of halogens is 1. The number of anilines is 1. The monoisotopic (exact) mass is 280 g/mol. The molecule has 0 radical (unpaired) electrons. The molecular formula is C12H9ClN2O2S. The summed E-state index contributed by atoms with van der Waals surface area (Å²) in [5, 5.41) is 3.93. The van der Waals surface area contributed by atoms with Crippen molar-refractivity contribution in [3.05, 3.63) is 45.8 Å². The lowest BCUT2D eigenvalue weighted by atomic mass is 10.2. The number of amides is 1.